The van der Waals surface area contributed by atoms with Crippen LogP contribution in [-0.4, -0.2) is 55.0 Å². The Kier molecular flexibility index (Phi) is 7.00. The Labute approximate surface area is 153 Å². The second-order valence-corrected chi connectivity index (χ2v) is 6.52. The summed E-state index contributed by atoms with van der Waals surface area (Å²) in [6.45, 7) is 7.13. The zero-order valence-electron chi connectivity index (χ0n) is 15.5. The first-order valence-corrected chi connectivity index (χ1v) is 8.90. The summed E-state index contributed by atoms with van der Waals surface area (Å²) in [4.78, 5) is 38.6. The first kappa shape index (κ1) is 19.8. The van der Waals surface area contributed by atoms with E-state index in [0.717, 1.165) is 0 Å². The third-order valence-electron chi connectivity index (χ3n) is 3.95. The lowest BCUT2D eigenvalue weighted by Crippen LogP contribution is -2.57. The van der Waals surface area contributed by atoms with E-state index in [4.69, 9.17) is 9.47 Å². The lowest BCUT2D eigenvalue weighted by Gasteiger charge is -2.34. The molecule has 2 amide bonds. The SMILES string of the molecule is CCOC(=O)C[C@H]1C(=O)NCCN1C(=O)c1ccccc1OCC(C)C. The zero-order chi connectivity index (χ0) is 19.1. The molecule has 0 unspecified atom stereocenters. The molecule has 0 saturated carbocycles. The predicted octanol–water partition coefficient (Wildman–Crippen LogP) is 1.62. The maximum Gasteiger partial charge on any atom is 0.308 e. The summed E-state index contributed by atoms with van der Waals surface area (Å²) in [6, 6.07) is 6.07. The van der Waals surface area contributed by atoms with Crippen LogP contribution in [0.2, 0.25) is 0 Å². The van der Waals surface area contributed by atoms with Crippen molar-refractivity contribution >= 4 is 17.8 Å². The lowest BCUT2D eigenvalue weighted by atomic mass is 10.1. The molecule has 7 heteroatoms. The van der Waals surface area contributed by atoms with E-state index < -0.39 is 12.0 Å². The molecule has 0 aromatic heterocycles. The molecule has 1 heterocycles. The van der Waals surface area contributed by atoms with Crippen molar-refractivity contribution in [3.05, 3.63) is 29.8 Å². The summed E-state index contributed by atoms with van der Waals surface area (Å²) in [7, 11) is 0. The molecule has 0 radical (unpaired) electrons. The van der Waals surface area contributed by atoms with Gasteiger partial charge in [0.05, 0.1) is 25.2 Å². The van der Waals surface area contributed by atoms with E-state index in [1.54, 1.807) is 31.2 Å². The largest absolute Gasteiger partial charge is 0.492 e. The van der Waals surface area contributed by atoms with Crippen LogP contribution in [0, 0.1) is 5.92 Å². The van der Waals surface area contributed by atoms with Crippen molar-refractivity contribution in [1.82, 2.24) is 10.2 Å². The van der Waals surface area contributed by atoms with E-state index in [1.165, 1.54) is 4.90 Å². The molecular weight excluding hydrogens is 336 g/mol. The van der Waals surface area contributed by atoms with Crippen LogP contribution in [-0.2, 0) is 14.3 Å². The Bertz CT molecular complexity index is 659. The number of amides is 2. The van der Waals surface area contributed by atoms with Gasteiger partial charge in [0.25, 0.3) is 5.91 Å². The topological polar surface area (TPSA) is 84.9 Å². The highest BCUT2D eigenvalue weighted by Gasteiger charge is 2.36. The molecule has 1 atom stereocenters. The maximum atomic E-state index is 13.1. The number of carbonyl (C=O) groups excluding carboxylic acids is 3. The van der Waals surface area contributed by atoms with Gasteiger partial charge in [-0.25, -0.2) is 0 Å². The van der Waals surface area contributed by atoms with Gasteiger partial charge in [-0.15, -0.1) is 0 Å². The molecule has 142 valence electrons. The van der Waals surface area contributed by atoms with Crippen LogP contribution in [0.4, 0.5) is 0 Å². The number of nitrogens with one attached hydrogen (secondary N) is 1. The minimum atomic E-state index is -0.881. The van der Waals surface area contributed by atoms with E-state index in [1.807, 2.05) is 13.8 Å². The standard InChI is InChI=1S/C19H26N2O5/c1-4-25-17(22)11-15-18(23)20-9-10-21(15)19(24)14-7-5-6-8-16(14)26-12-13(2)3/h5-8,13,15H,4,9-12H2,1-3H3,(H,20,23)/t15-/m0/s1. The maximum absolute atomic E-state index is 13.1. The zero-order valence-corrected chi connectivity index (χ0v) is 15.5. The van der Waals surface area contributed by atoms with E-state index in [0.29, 0.717) is 36.9 Å². The highest BCUT2D eigenvalue weighted by molar-refractivity contribution is 6.01. The predicted molar refractivity (Wildman–Crippen MR) is 95.9 cm³/mol. The van der Waals surface area contributed by atoms with Crippen molar-refractivity contribution in [2.24, 2.45) is 5.92 Å². The first-order chi connectivity index (χ1) is 12.4. The molecule has 26 heavy (non-hydrogen) atoms. The smallest absolute Gasteiger partial charge is 0.308 e. The van der Waals surface area contributed by atoms with Crippen molar-refractivity contribution in [2.75, 3.05) is 26.3 Å². The molecule has 0 spiro atoms. The summed E-state index contributed by atoms with van der Waals surface area (Å²) in [5.41, 5.74) is 0.386. The summed E-state index contributed by atoms with van der Waals surface area (Å²) >= 11 is 0. The van der Waals surface area contributed by atoms with E-state index in [9.17, 15) is 14.4 Å². The average molecular weight is 362 g/mol. The molecule has 0 bridgehead atoms. The van der Waals surface area contributed by atoms with Crippen LogP contribution in [0.1, 0.15) is 37.6 Å². The third-order valence-corrected chi connectivity index (χ3v) is 3.95. The number of para-hydroxylation sites is 1. The van der Waals surface area contributed by atoms with Crippen molar-refractivity contribution in [1.29, 1.82) is 0 Å². The number of hydrogen-bond acceptors (Lipinski definition) is 5. The number of piperazine rings is 1. The molecule has 1 aliphatic heterocycles. The molecular formula is C19H26N2O5. The van der Waals surface area contributed by atoms with Gasteiger partial charge in [-0.05, 0) is 25.0 Å². The van der Waals surface area contributed by atoms with Gasteiger partial charge in [0.15, 0.2) is 0 Å². The second kappa shape index (κ2) is 9.22. The van der Waals surface area contributed by atoms with Gasteiger partial charge in [-0.1, -0.05) is 26.0 Å². The Hall–Kier alpha value is -2.57. The van der Waals surface area contributed by atoms with Crippen LogP contribution in [0.15, 0.2) is 24.3 Å². The van der Waals surface area contributed by atoms with E-state index in [-0.39, 0.29) is 24.8 Å². The minimum Gasteiger partial charge on any atom is -0.492 e. The third kappa shape index (κ3) is 4.97. The summed E-state index contributed by atoms with van der Waals surface area (Å²) in [5.74, 6) is -0.383. The molecule has 1 saturated heterocycles. The number of hydrogen-bond donors (Lipinski definition) is 1. The molecule has 1 fully saturated rings. The molecule has 1 aromatic carbocycles. The molecule has 1 N–H and O–H groups in total. The van der Waals surface area contributed by atoms with Crippen molar-refractivity contribution in [3.8, 4) is 5.75 Å². The average Bonchev–Trinajstić information content (AvgIpc) is 2.61. The lowest BCUT2D eigenvalue weighted by molar-refractivity contribution is -0.147. The minimum absolute atomic E-state index is 0.166. The monoisotopic (exact) mass is 362 g/mol. The number of esters is 1. The fourth-order valence-electron chi connectivity index (χ4n) is 2.72. The van der Waals surface area contributed by atoms with Crippen molar-refractivity contribution in [3.63, 3.8) is 0 Å². The van der Waals surface area contributed by atoms with Crippen LogP contribution in [0.25, 0.3) is 0 Å². The Morgan fingerprint density at radius 3 is 2.73 bits per heavy atom. The molecule has 7 nitrogen and oxygen atoms in total. The van der Waals surface area contributed by atoms with Crippen molar-refractivity contribution < 1.29 is 23.9 Å². The van der Waals surface area contributed by atoms with Gasteiger partial charge in [0, 0.05) is 13.1 Å². The van der Waals surface area contributed by atoms with Gasteiger partial charge in [0.2, 0.25) is 5.91 Å². The summed E-state index contributed by atoms with van der Waals surface area (Å²) in [6.07, 6.45) is -0.166. The van der Waals surface area contributed by atoms with Crippen LogP contribution in [0.3, 0.4) is 0 Å². The Balaban J connectivity index is 2.22. The number of rotatable bonds is 7. The fourth-order valence-corrected chi connectivity index (χ4v) is 2.72. The second-order valence-electron chi connectivity index (χ2n) is 6.52. The number of carbonyl (C=O) groups is 3. The highest BCUT2D eigenvalue weighted by Crippen LogP contribution is 2.23. The van der Waals surface area contributed by atoms with E-state index >= 15 is 0 Å². The van der Waals surface area contributed by atoms with E-state index in [2.05, 4.69) is 5.32 Å². The van der Waals surface area contributed by atoms with Crippen LogP contribution in [0.5, 0.6) is 5.75 Å². The van der Waals surface area contributed by atoms with Crippen LogP contribution < -0.4 is 10.1 Å². The Morgan fingerprint density at radius 1 is 1.31 bits per heavy atom. The van der Waals surface area contributed by atoms with Crippen LogP contribution >= 0.6 is 0 Å². The van der Waals surface area contributed by atoms with Gasteiger partial charge in [0.1, 0.15) is 11.8 Å². The highest BCUT2D eigenvalue weighted by atomic mass is 16.5. The van der Waals surface area contributed by atoms with Gasteiger partial charge in [-0.2, -0.15) is 0 Å². The van der Waals surface area contributed by atoms with Gasteiger partial charge >= 0.3 is 5.97 Å². The van der Waals surface area contributed by atoms with Crippen molar-refractivity contribution in [2.45, 2.75) is 33.2 Å². The number of ether oxygens (including phenoxy) is 2. The normalized spacial score (nSPS) is 17.0. The summed E-state index contributed by atoms with van der Waals surface area (Å²) in [5, 5.41) is 2.70. The van der Waals surface area contributed by atoms with Gasteiger partial charge in [-0.3, -0.25) is 14.4 Å². The van der Waals surface area contributed by atoms with Gasteiger partial charge < -0.3 is 19.7 Å². The number of benzene rings is 1. The molecule has 0 aliphatic carbocycles. The molecule has 1 aliphatic rings. The summed E-state index contributed by atoms with van der Waals surface area (Å²) < 4.78 is 10.7. The quantitative estimate of drug-likeness (QED) is 0.745. The Morgan fingerprint density at radius 2 is 2.04 bits per heavy atom. The first-order valence-electron chi connectivity index (χ1n) is 8.90. The fraction of sp³-hybridized carbons (Fsp3) is 0.526. The molecule has 1 aromatic rings. The number of nitrogens with zero attached hydrogens (tertiary/aromatic N) is 1. The molecule has 2 rings (SSSR count).